The highest BCUT2D eigenvalue weighted by molar-refractivity contribution is 6.20. The van der Waals surface area contributed by atoms with E-state index in [9.17, 15) is 0 Å². The Bertz CT molecular complexity index is 778. The van der Waals surface area contributed by atoms with Crippen molar-refractivity contribution < 1.29 is 9.26 Å². The molecule has 110 valence electrons. The fraction of sp³-hybridized carbons (Fsp3) is 0.357. The maximum atomic E-state index is 6.26. The number of hydrogen-bond donors (Lipinski definition) is 0. The first-order chi connectivity index (χ1) is 10.1. The summed E-state index contributed by atoms with van der Waals surface area (Å²) in [5.41, 5.74) is 1.70. The Morgan fingerprint density at radius 3 is 2.81 bits per heavy atom. The van der Waals surface area contributed by atoms with E-state index in [2.05, 4.69) is 15.1 Å². The molecule has 7 heteroatoms. The number of halogens is 1. The minimum absolute atomic E-state index is 0.244. The lowest BCUT2D eigenvalue weighted by Crippen LogP contribution is -2.06. The number of methoxy groups -OCH3 is 1. The molecule has 6 nitrogen and oxygen atoms in total. The Hall–Kier alpha value is -2.08. The number of alkyl halides is 1. The molecule has 1 aromatic carbocycles. The number of aromatic nitrogens is 4. The van der Waals surface area contributed by atoms with Crippen molar-refractivity contribution in [3.63, 3.8) is 0 Å². The van der Waals surface area contributed by atoms with E-state index < -0.39 is 0 Å². The van der Waals surface area contributed by atoms with Gasteiger partial charge in [-0.1, -0.05) is 11.2 Å². The molecule has 1 unspecified atom stereocenters. The zero-order chi connectivity index (χ0) is 15.0. The van der Waals surface area contributed by atoms with Gasteiger partial charge in [0.05, 0.1) is 18.0 Å². The molecule has 0 spiro atoms. The van der Waals surface area contributed by atoms with Gasteiger partial charge in [0.25, 0.3) is 0 Å². The Kier molecular flexibility index (Phi) is 3.55. The summed E-state index contributed by atoms with van der Waals surface area (Å²) in [7, 11) is 1.62. The molecule has 0 aliphatic heterocycles. The number of aryl methyl sites for hydroxylation is 1. The molecule has 21 heavy (non-hydrogen) atoms. The van der Waals surface area contributed by atoms with Gasteiger partial charge in [0.15, 0.2) is 5.82 Å². The molecule has 3 rings (SSSR count). The summed E-state index contributed by atoms with van der Waals surface area (Å²) in [5, 5.41) is 3.56. The van der Waals surface area contributed by atoms with Crippen molar-refractivity contribution >= 4 is 22.6 Å². The van der Waals surface area contributed by atoms with Crippen LogP contribution in [-0.2, 0) is 6.54 Å². The zero-order valence-corrected chi connectivity index (χ0v) is 12.8. The van der Waals surface area contributed by atoms with E-state index in [1.54, 1.807) is 14.0 Å². The molecule has 2 aromatic heterocycles. The molecule has 0 aliphatic rings. The second-order valence-corrected chi connectivity index (χ2v) is 5.39. The van der Waals surface area contributed by atoms with Gasteiger partial charge in [0, 0.05) is 0 Å². The molecule has 0 N–H and O–H groups in total. The quantitative estimate of drug-likeness (QED) is 0.693. The van der Waals surface area contributed by atoms with Gasteiger partial charge in [-0.3, -0.25) is 0 Å². The summed E-state index contributed by atoms with van der Waals surface area (Å²) in [5.74, 6) is 2.58. The minimum atomic E-state index is -0.244. The predicted octanol–water partition coefficient (Wildman–Crippen LogP) is 3.08. The monoisotopic (exact) mass is 306 g/mol. The van der Waals surface area contributed by atoms with E-state index in [1.807, 2.05) is 29.7 Å². The Morgan fingerprint density at radius 2 is 2.19 bits per heavy atom. The number of benzene rings is 1. The van der Waals surface area contributed by atoms with E-state index in [0.717, 1.165) is 16.9 Å². The number of fused-ring (bicyclic) bond motifs is 1. The molecule has 2 heterocycles. The van der Waals surface area contributed by atoms with Crippen LogP contribution < -0.4 is 4.74 Å². The summed E-state index contributed by atoms with van der Waals surface area (Å²) < 4.78 is 12.5. The van der Waals surface area contributed by atoms with Crippen LogP contribution in [-0.4, -0.2) is 26.8 Å². The first-order valence-electron chi connectivity index (χ1n) is 6.56. The van der Waals surface area contributed by atoms with Gasteiger partial charge in [0.2, 0.25) is 5.89 Å². The van der Waals surface area contributed by atoms with Crippen LogP contribution in [0.5, 0.6) is 5.75 Å². The van der Waals surface area contributed by atoms with Crippen LogP contribution in [0.1, 0.15) is 29.8 Å². The summed E-state index contributed by atoms with van der Waals surface area (Å²) in [6, 6.07) is 5.76. The lowest BCUT2D eigenvalue weighted by molar-refractivity contribution is 0.367. The van der Waals surface area contributed by atoms with Crippen LogP contribution in [0, 0.1) is 6.92 Å². The van der Waals surface area contributed by atoms with Crippen LogP contribution in [0.15, 0.2) is 22.7 Å². The molecule has 0 amide bonds. The van der Waals surface area contributed by atoms with Gasteiger partial charge < -0.3 is 13.8 Å². The van der Waals surface area contributed by atoms with Crippen LogP contribution in [0.25, 0.3) is 11.0 Å². The molecular weight excluding hydrogens is 292 g/mol. The molecule has 0 radical (unpaired) electrons. The molecular formula is C14H15ClN4O2. The molecule has 0 saturated heterocycles. The molecule has 1 atom stereocenters. The normalized spacial score (nSPS) is 12.8. The van der Waals surface area contributed by atoms with E-state index in [1.165, 1.54) is 0 Å². The highest BCUT2D eigenvalue weighted by Gasteiger charge is 2.19. The smallest absolute Gasteiger partial charge is 0.246 e. The second kappa shape index (κ2) is 5.37. The van der Waals surface area contributed by atoms with Crippen molar-refractivity contribution in [2.24, 2.45) is 0 Å². The lowest BCUT2D eigenvalue weighted by Gasteiger charge is -2.07. The second-order valence-electron chi connectivity index (χ2n) is 4.74. The minimum Gasteiger partial charge on any atom is -0.494 e. The van der Waals surface area contributed by atoms with Crippen molar-refractivity contribution in [1.29, 1.82) is 0 Å². The Balaban J connectivity index is 2.16. The van der Waals surface area contributed by atoms with Gasteiger partial charge in [-0.2, -0.15) is 4.98 Å². The molecule has 0 fully saturated rings. The van der Waals surface area contributed by atoms with Gasteiger partial charge >= 0.3 is 0 Å². The van der Waals surface area contributed by atoms with Crippen LogP contribution in [0.4, 0.5) is 0 Å². The van der Waals surface area contributed by atoms with Crippen molar-refractivity contribution in [3.8, 4) is 5.75 Å². The lowest BCUT2D eigenvalue weighted by atomic mass is 10.3. The van der Waals surface area contributed by atoms with E-state index >= 15 is 0 Å². The van der Waals surface area contributed by atoms with E-state index in [-0.39, 0.29) is 5.38 Å². The summed E-state index contributed by atoms with van der Waals surface area (Å²) >= 11 is 6.26. The third-order valence-electron chi connectivity index (χ3n) is 3.21. The predicted molar refractivity (Wildman–Crippen MR) is 78.7 cm³/mol. The van der Waals surface area contributed by atoms with Crippen LogP contribution in [0.2, 0.25) is 0 Å². The maximum Gasteiger partial charge on any atom is 0.246 e. The number of rotatable bonds is 4. The number of para-hydroxylation sites is 1. The van der Waals surface area contributed by atoms with Gasteiger partial charge in [0.1, 0.15) is 23.6 Å². The standard InChI is InChI=1S/C14H15ClN4O2/c1-8(15)14-17-13-10(5-4-6-11(13)20-3)19(14)7-12-16-9(2)18-21-12/h4-6,8H,7H2,1-3H3. The largest absolute Gasteiger partial charge is 0.494 e. The van der Waals surface area contributed by atoms with Crippen molar-refractivity contribution in [2.45, 2.75) is 25.8 Å². The number of nitrogens with zero attached hydrogens (tertiary/aromatic N) is 4. The fourth-order valence-electron chi connectivity index (χ4n) is 2.31. The van der Waals surface area contributed by atoms with Gasteiger partial charge in [-0.15, -0.1) is 11.6 Å². The third-order valence-corrected chi connectivity index (χ3v) is 3.41. The van der Waals surface area contributed by atoms with Crippen molar-refractivity contribution in [1.82, 2.24) is 19.7 Å². The van der Waals surface area contributed by atoms with Crippen molar-refractivity contribution in [2.75, 3.05) is 7.11 Å². The van der Waals surface area contributed by atoms with Gasteiger partial charge in [-0.05, 0) is 26.0 Å². The Labute approximate surface area is 126 Å². The first kappa shape index (κ1) is 13.9. The van der Waals surface area contributed by atoms with Crippen LogP contribution in [0.3, 0.4) is 0 Å². The summed E-state index contributed by atoms with van der Waals surface area (Å²) in [6.07, 6.45) is 0. The number of ether oxygens (including phenoxy) is 1. The summed E-state index contributed by atoms with van der Waals surface area (Å²) in [4.78, 5) is 8.84. The highest BCUT2D eigenvalue weighted by atomic mass is 35.5. The third kappa shape index (κ3) is 2.47. The fourth-order valence-corrected chi connectivity index (χ4v) is 2.48. The van der Waals surface area contributed by atoms with Gasteiger partial charge in [-0.25, -0.2) is 4.98 Å². The highest BCUT2D eigenvalue weighted by Crippen LogP contribution is 2.30. The van der Waals surface area contributed by atoms with Crippen LogP contribution >= 0.6 is 11.6 Å². The summed E-state index contributed by atoms with van der Waals surface area (Å²) in [6.45, 7) is 4.09. The maximum absolute atomic E-state index is 6.26. The average molecular weight is 307 g/mol. The average Bonchev–Trinajstić information content (AvgIpc) is 3.03. The van der Waals surface area contributed by atoms with Crippen molar-refractivity contribution in [3.05, 3.63) is 35.7 Å². The molecule has 0 saturated carbocycles. The van der Waals surface area contributed by atoms with E-state index in [4.69, 9.17) is 20.9 Å². The first-order valence-corrected chi connectivity index (χ1v) is 7.00. The molecule has 3 aromatic rings. The SMILES string of the molecule is COc1cccc2c1nc(C(C)Cl)n2Cc1nc(C)no1. The molecule has 0 aliphatic carbocycles. The molecule has 0 bridgehead atoms. The topological polar surface area (TPSA) is 66.0 Å². The number of hydrogen-bond acceptors (Lipinski definition) is 5. The Morgan fingerprint density at radius 1 is 1.38 bits per heavy atom. The zero-order valence-electron chi connectivity index (χ0n) is 12.0. The van der Waals surface area contributed by atoms with E-state index in [0.29, 0.717) is 24.0 Å². The number of imidazole rings is 1.